The van der Waals surface area contributed by atoms with Crippen molar-refractivity contribution in [2.24, 2.45) is 5.73 Å². The molecule has 1 aliphatic heterocycles. The summed E-state index contributed by atoms with van der Waals surface area (Å²) < 4.78 is 5.31. The summed E-state index contributed by atoms with van der Waals surface area (Å²) in [6, 6.07) is 7.81. The highest BCUT2D eigenvalue weighted by Gasteiger charge is 2.24. The van der Waals surface area contributed by atoms with Gasteiger partial charge in [0, 0.05) is 23.2 Å². The van der Waals surface area contributed by atoms with Crippen molar-refractivity contribution in [1.82, 2.24) is 15.0 Å². The van der Waals surface area contributed by atoms with Crippen LogP contribution in [0.1, 0.15) is 18.7 Å². The van der Waals surface area contributed by atoms with E-state index in [9.17, 15) is 0 Å². The summed E-state index contributed by atoms with van der Waals surface area (Å²) in [5.41, 5.74) is 6.65. The molecule has 20 heavy (non-hydrogen) atoms. The molecule has 0 aliphatic carbocycles. The summed E-state index contributed by atoms with van der Waals surface area (Å²) in [5.74, 6) is 1.23. The van der Waals surface area contributed by atoms with Crippen LogP contribution in [0, 0.1) is 0 Å². The van der Waals surface area contributed by atoms with Gasteiger partial charge in [0.15, 0.2) is 5.82 Å². The van der Waals surface area contributed by atoms with Crippen LogP contribution in [0.2, 0.25) is 5.02 Å². The molecule has 1 atom stereocenters. The molecule has 5 nitrogen and oxygen atoms in total. The number of nitrogens with two attached hydrogens (primary N) is 1. The number of aromatic nitrogens is 2. The minimum Gasteiger partial charge on any atom is -0.334 e. The van der Waals surface area contributed by atoms with Gasteiger partial charge in [-0.1, -0.05) is 16.8 Å². The van der Waals surface area contributed by atoms with Crippen LogP contribution in [-0.4, -0.2) is 34.2 Å². The van der Waals surface area contributed by atoms with Crippen LogP contribution in [0.5, 0.6) is 0 Å². The maximum atomic E-state index is 5.86. The second-order valence-electron chi connectivity index (χ2n) is 5.02. The van der Waals surface area contributed by atoms with Gasteiger partial charge in [0.25, 0.3) is 5.89 Å². The van der Waals surface area contributed by atoms with Gasteiger partial charge in [0.1, 0.15) is 0 Å². The Morgan fingerprint density at radius 2 is 2.15 bits per heavy atom. The second kappa shape index (κ2) is 5.91. The molecular weight excluding hydrogens is 276 g/mol. The molecule has 1 fully saturated rings. The summed E-state index contributed by atoms with van der Waals surface area (Å²) in [6.45, 7) is 2.42. The van der Waals surface area contributed by atoms with Crippen molar-refractivity contribution < 1.29 is 4.52 Å². The molecule has 0 saturated carbocycles. The van der Waals surface area contributed by atoms with Gasteiger partial charge < -0.3 is 10.3 Å². The molecule has 106 valence electrons. The van der Waals surface area contributed by atoms with E-state index in [1.54, 1.807) is 0 Å². The topological polar surface area (TPSA) is 68.2 Å². The SMILES string of the molecule is NCC1CCCN1Cc1noc(-c2ccc(Cl)cc2)n1. The Labute approximate surface area is 122 Å². The number of rotatable bonds is 4. The Kier molecular flexibility index (Phi) is 4.00. The van der Waals surface area contributed by atoms with Crippen molar-refractivity contribution in [2.45, 2.75) is 25.4 Å². The molecule has 0 amide bonds. The van der Waals surface area contributed by atoms with E-state index in [-0.39, 0.29) is 0 Å². The third-order valence-electron chi connectivity index (χ3n) is 3.67. The minimum atomic E-state index is 0.437. The number of likely N-dealkylation sites (tertiary alicyclic amines) is 1. The van der Waals surface area contributed by atoms with Gasteiger partial charge in [0.2, 0.25) is 0 Å². The summed E-state index contributed by atoms with van der Waals surface area (Å²) in [7, 11) is 0. The van der Waals surface area contributed by atoms with Crippen molar-refractivity contribution in [3.05, 3.63) is 35.1 Å². The van der Waals surface area contributed by atoms with Crippen LogP contribution in [0.4, 0.5) is 0 Å². The Balaban J connectivity index is 1.72. The number of nitrogens with zero attached hydrogens (tertiary/aromatic N) is 3. The maximum Gasteiger partial charge on any atom is 0.257 e. The summed E-state index contributed by atoms with van der Waals surface area (Å²) in [5, 5.41) is 4.74. The molecule has 1 aromatic heterocycles. The Bertz CT molecular complexity index is 569. The number of benzene rings is 1. The molecule has 2 aromatic rings. The average molecular weight is 293 g/mol. The fraction of sp³-hybridized carbons (Fsp3) is 0.429. The molecule has 1 saturated heterocycles. The summed E-state index contributed by atoms with van der Waals surface area (Å²) >= 11 is 5.86. The van der Waals surface area contributed by atoms with Crippen molar-refractivity contribution in [1.29, 1.82) is 0 Å². The molecule has 6 heteroatoms. The summed E-state index contributed by atoms with van der Waals surface area (Å²) in [6.07, 6.45) is 2.34. The zero-order valence-electron chi connectivity index (χ0n) is 11.1. The van der Waals surface area contributed by atoms with Crippen molar-refractivity contribution in [2.75, 3.05) is 13.1 Å². The van der Waals surface area contributed by atoms with E-state index in [0.29, 0.717) is 35.9 Å². The third-order valence-corrected chi connectivity index (χ3v) is 3.93. The standard InChI is InChI=1S/C14H17ClN4O/c15-11-5-3-10(4-6-11)14-17-13(18-20-14)9-19-7-1-2-12(19)8-16/h3-6,12H,1-2,7-9,16H2. The van der Waals surface area contributed by atoms with Crippen LogP contribution in [0.3, 0.4) is 0 Å². The molecular formula is C14H17ClN4O. The third kappa shape index (κ3) is 2.85. The van der Waals surface area contributed by atoms with E-state index < -0.39 is 0 Å². The van der Waals surface area contributed by atoms with E-state index in [4.69, 9.17) is 21.9 Å². The van der Waals surface area contributed by atoms with Crippen LogP contribution in [0.15, 0.2) is 28.8 Å². The lowest BCUT2D eigenvalue weighted by Gasteiger charge is -2.20. The van der Waals surface area contributed by atoms with E-state index in [2.05, 4.69) is 15.0 Å². The fourth-order valence-corrected chi connectivity index (χ4v) is 2.71. The van der Waals surface area contributed by atoms with E-state index in [0.717, 1.165) is 18.5 Å². The average Bonchev–Trinajstić information content (AvgIpc) is 3.09. The van der Waals surface area contributed by atoms with Gasteiger partial charge in [0.05, 0.1) is 6.54 Å². The Morgan fingerprint density at radius 3 is 2.90 bits per heavy atom. The lowest BCUT2D eigenvalue weighted by molar-refractivity contribution is 0.240. The number of hydrogen-bond acceptors (Lipinski definition) is 5. The lowest BCUT2D eigenvalue weighted by Crippen LogP contribution is -2.35. The van der Waals surface area contributed by atoms with Crippen molar-refractivity contribution >= 4 is 11.6 Å². The molecule has 2 N–H and O–H groups in total. The predicted octanol–water partition coefficient (Wildman–Crippen LogP) is 2.31. The zero-order chi connectivity index (χ0) is 13.9. The first kappa shape index (κ1) is 13.5. The monoisotopic (exact) mass is 292 g/mol. The largest absolute Gasteiger partial charge is 0.334 e. The van der Waals surface area contributed by atoms with Crippen LogP contribution >= 0.6 is 11.6 Å². The number of hydrogen-bond donors (Lipinski definition) is 1. The fourth-order valence-electron chi connectivity index (χ4n) is 2.58. The highest BCUT2D eigenvalue weighted by atomic mass is 35.5. The maximum absolute atomic E-state index is 5.86. The molecule has 3 rings (SSSR count). The van der Waals surface area contributed by atoms with Crippen LogP contribution < -0.4 is 5.73 Å². The number of halogens is 1. The zero-order valence-corrected chi connectivity index (χ0v) is 11.9. The highest BCUT2D eigenvalue weighted by Crippen LogP contribution is 2.22. The Hall–Kier alpha value is -1.43. The van der Waals surface area contributed by atoms with E-state index in [1.165, 1.54) is 6.42 Å². The van der Waals surface area contributed by atoms with Gasteiger partial charge in [-0.3, -0.25) is 4.90 Å². The highest BCUT2D eigenvalue weighted by molar-refractivity contribution is 6.30. The molecule has 0 bridgehead atoms. The summed E-state index contributed by atoms with van der Waals surface area (Å²) in [4.78, 5) is 6.76. The first-order chi connectivity index (χ1) is 9.76. The van der Waals surface area contributed by atoms with Gasteiger partial charge in [-0.25, -0.2) is 0 Å². The van der Waals surface area contributed by atoms with Crippen molar-refractivity contribution in [3.8, 4) is 11.5 Å². The molecule has 1 unspecified atom stereocenters. The lowest BCUT2D eigenvalue weighted by atomic mass is 10.2. The first-order valence-corrected chi connectivity index (χ1v) is 7.16. The van der Waals surface area contributed by atoms with E-state index >= 15 is 0 Å². The molecule has 1 aliphatic rings. The predicted molar refractivity (Wildman–Crippen MR) is 77.2 cm³/mol. The van der Waals surface area contributed by atoms with Crippen molar-refractivity contribution in [3.63, 3.8) is 0 Å². The van der Waals surface area contributed by atoms with Crippen LogP contribution in [0.25, 0.3) is 11.5 Å². The smallest absolute Gasteiger partial charge is 0.257 e. The normalized spacial score (nSPS) is 19.6. The molecule has 2 heterocycles. The quantitative estimate of drug-likeness (QED) is 0.936. The first-order valence-electron chi connectivity index (χ1n) is 6.79. The minimum absolute atomic E-state index is 0.437. The Morgan fingerprint density at radius 1 is 1.35 bits per heavy atom. The molecule has 0 spiro atoms. The second-order valence-corrected chi connectivity index (χ2v) is 5.46. The van der Waals surface area contributed by atoms with Gasteiger partial charge in [-0.05, 0) is 43.7 Å². The van der Waals surface area contributed by atoms with Gasteiger partial charge in [-0.2, -0.15) is 4.98 Å². The van der Waals surface area contributed by atoms with E-state index in [1.807, 2.05) is 24.3 Å². The van der Waals surface area contributed by atoms with Gasteiger partial charge in [-0.15, -0.1) is 0 Å². The van der Waals surface area contributed by atoms with Gasteiger partial charge >= 0.3 is 0 Å². The molecule has 1 aromatic carbocycles. The van der Waals surface area contributed by atoms with Crippen LogP contribution in [-0.2, 0) is 6.54 Å². The molecule has 0 radical (unpaired) electrons.